The summed E-state index contributed by atoms with van der Waals surface area (Å²) in [7, 11) is 0. The number of anilines is 2. The maximum absolute atomic E-state index is 12.1. The first kappa shape index (κ1) is 18.6. The first-order valence-corrected chi connectivity index (χ1v) is 10.4. The van der Waals surface area contributed by atoms with Crippen molar-refractivity contribution in [3.05, 3.63) is 30.9 Å². The molecule has 10 heteroatoms. The number of carbonyl (C=O) groups is 1. The van der Waals surface area contributed by atoms with Crippen molar-refractivity contribution in [1.82, 2.24) is 15.2 Å². The molecule has 2 heterocycles. The van der Waals surface area contributed by atoms with Crippen LogP contribution in [0.2, 0.25) is 0 Å². The molecular weight excluding hydrogens is 390 g/mol. The summed E-state index contributed by atoms with van der Waals surface area (Å²) in [6.45, 7) is 6.82. The highest BCUT2D eigenvalue weighted by atomic mass is 32.2. The number of hydrogen-bond donors (Lipinski definition) is 2. The molecule has 3 rings (SSSR count). The molecule has 7 nitrogen and oxygen atoms in total. The maximum Gasteiger partial charge on any atom is 0.236 e. The molecule has 136 valence electrons. The van der Waals surface area contributed by atoms with Gasteiger partial charge in [-0.05, 0) is 25.1 Å². The number of thioether (sulfide) groups is 1. The molecule has 2 aromatic heterocycles. The fraction of sp³-hybridized carbons (Fsp3) is 0.250. The number of nitrogens with one attached hydrogen (secondary N) is 2. The van der Waals surface area contributed by atoms with Crippen molar-refractivity contribution >= 4 is 60.8 Å². The Hall–Kier alpha value is -2.17. The Labute approximate surface area is 162 Å². The summed E-state index contributed by atoms with van der Waals surface area (Å²) in [5, 5.41) is 15.2. The van der Waals surface area contributed by atoms with Crippen LogP contribution in [0.5, 0.6) is 5.75 Å². The number of rotatable bonds is 9. The van der Waals surface area contributed by atoms with E-state index in [4.69, 9.17) is 4.74 Å². The molecule has 3 aromatic rings. The zero-order valence-electron chi connectivity index (χ0n) is 14.0. The number of carbonyl (C=O) groups excluding carboxylic acids is 1. The number of nitrogens with zero attached hydrogens (tertiary/aromatic N) is 3. The molecule has 0 unspecified atom stereocenters. The molecule has 1 amide bonds. The van der Waals surface area contributed by atoms with E-state index >= 15 is 0 Å². The van der Waals surface area contributed by atoms with E-state index in [1.807, 2.05) is 25.1 Å². The minimum atomic E-state index is -0.130. The first-order valence-electron chi connectivity index (χ1n) is 7.82. The van der Waals surface area contributed by atoms with E-state index in [0.717, 1.165) is 20.3 Å². The third kappa shape index (κ3) is 4.93. The number of ether oxygens (including phenoxy) is 1. The topological polar surface area (TPSA) is 89.0 Å². The van der Waals surface area contributed by atoms with Crippen LogP contribution in [-0.2, 0) is 4.79 Å². The molecule has 0 bridgehead atoms. The van der Waals surface area contributed by atoms with E-state index in [1.54, 1.807) is 6.08 Å². The summed E-state index contributed by atoms with van der Waals surface area (Å²) in [4.78, 5) is 16.6. The van der Waals surface area contributed by atoms with Crippen LogP contribution in [0.25, 0.3) is 10.2 Å². The number of thiazole rings is 1. The molecule has 0 aliphatic rings. The lowest BCUT2D eigenvalue weighted by molar-refractivity contribution is -0.113. The second-order valence-electron chi connectivity index (χ2n) is 4.96. The predicted molar refractivity (Wildman–Crippen MR) is 109 cm³/mol. The normalized spacial score (nSPS) is 10.7. The number of benzene rings is 1. The zero-order valence-corrected chi connectivity index (χ0v) is 16.5. The second-order valence-corrected chi connectivity index (χ2v) is 8.19. The van der Waals surface area contributed by atoms with E-state index < -0.39 is 0 Å². The minimum Gasteiger partial charge on any atom is -0.494 e. The molecule has 0 fully saturated rings. The summed E-state index contributed by atoms with van der Waals surface area (Å²) in [6, 6.07) is 5.70. The minimum absolute atomic E-state index is 0.130. The lowest BCUT2D eigenvalue weighted by Crippen LogP contribution is -2.13. The summed E-state index contributed by atoms with van der Waals surface area (Å²) >= 11 is 4.17. The van der Waals surface area contributed by atoms with Gasteiger partial charge in [0.15, 0.2) is 9.47 Å². The van der Waals surface area contributed by atoms with E-state index in [-0.39, 0.29) is 11.7 Å². The maximum atomic E-state index is 12.1. The van der Waals surface area contributed by atoms with E-state index in [2.05, 4.69) is 32.4 Å². The lowest BCUT2D eigenvalue weighted by atomic mass is 10.3. The van der Waals surface area contributed by atoms with Gasteiger partial charge in [0.25, 0.3) is 0 Å². The Morgan fingerprint density at radius 2 is 2.23 bits per heavy atom. The Morgan fingerprint density at radius 1 is 1.35 bits per heavy atom. The summed E-state index contributed by atoms with van der Waals surface area (Å²) in [6.07, 6.45) is 1.75. The van der Waals surface area contributed by atoms with Crippen LogP contribution in [0, 0.1) is 0 Å². The van der Waals surface area contributed by atoms with Crippen molar-refractivity contribution in [2.45, 2.75) is 11.3 Å². The molecule has 1 aromatic carbocycles. The van der Waals surface area contributed by atoms with Crippen LogP contribution < -0.4 is 15.4 Å². The lowest BCUT2D eigenvalue weighted by Gasteiger charge is -2.00. The quantitative estimate of drug-likeness (QED) is 0.411. The smallest absolute Gasteiger partial charge is 0.236 e. The van der Waals surface area contributed by atoms with Gasteiger partial charge in [0.2, 0.25) is 11.0 Å². The highest BCUT2D eigenvalue weighted by Gasteiger charge is 2.11. The standard InChI is InChI=1S/C16H17N5O2S3/c1-3-7-17-14-20-21-16(26-14)24-9-13(22)19-15-18-11-6-5-10(23-4-2)8-12(11)25-15/h3,5-6,8H,1,4,7,9H2,2H3,(H,17,20)(H,18,19,22). The summed E-state index contributed by atoms with van der Waals surface area (Å²) in [5.74, 6) is 0.917. The third-order valence-corrected chi connectivity index (χ3v) is 6.00. The first-order chi connectivity index (χ1) is 12.7. The summed E-state index contributed by atoms with van der Waals surface area (Å²) < 4.78 is 7.19. The average Bonchev–Trinajstić information content (AvgIpc) is 3.24. The van der Waals surface area contributed by atoms with Gasteiger partial charge in [0, 0.05) is 6.54 Å². The number of amides is 1. The van der Waals surface area contributed by atoms with Gasteiger partial charge in [-0.25, -0.2) is 4.98 Å². The molecule has 0 spiro atoms. The molecule has 26 heavy (non-hydrogen) atoms. The molecule has 0 saturated heterocycles. The third-order valence-electron chi connectivity index (χ3n) is 3.05. The van der Waals surface area contributed by atoms with E-state index in [9.17, 15) is 4.79 Å². The molecule has 0 aliphatic carbocycles. The van der Waals surface area contributed by atoms with Crippen LogP contribution in [0.1, 0.15) is 6.92 Å². The van der Waals surface area contributed by atoms with Crippen molar-refractivity contribution in [3.8, 4) is 5.75 Å². The van der Waals surface area contributed by atoms with Crippen molar-refractivity contribution in [2.75, 3.05) is 29.5 Å². The van der Waals surface area contributed by atoms with Gasteiger partial charge >= 0.3 is 0 Å². The Bertz CT molecular complexity index is 908. The Morgan fingerprint density at radius 3 is 3.04 bits per heavy atom. The zero-order chi connectivity index (χ0) is 18.4. The van der Waals surface area contributed by atoms with Gasteiger partial charge in [-0.15, -0.1) is 16.8 Å². The van der Waals surface area contributed by atoms with Crippen molar-refractivity contribution in [3.63, 3.8) is 0 Å². The van der Waals surface area contributed by atoms with Crippen LogP contribution in [0.4, 0.5) is 10.3 Å². The predicted octanol–water partition coefficient (Wildman–Crippen LogP) is 3.88. The van der Waals surface area contributed by atoms with Crippen LogP contribution in [-0.4, -0.2) is 40.0 Å². The SMILES string of the molecule is C=CCNc1nnc(SCC(=O)Nc2nc3ccc(OCC)cc3s2)s1. The van der Waals surface area contributed by atoms with Gasteiger partial charge in [-0.1, -0.05) is 40.5 Å². The Kier molecular flexibility index (Phi) is 6.42. The van der Waals surface area contributed by atoms with Crippen molar-refractivity contribution < 1.29 is 9.53 Å². The molecular formula is C16H17N5O2S3. The van der Waals surface area contributed by atoms with Gasteiger partial charge in [-0.2, -0.15) is 0 Å². The second kappa shape index (κ2) is 8.97. The largest absolute Gasteiger partial charge is 0.494 e. The highest BCUT2D eigenvalue weighted by molar-refractivity contribution is 8.01. The fourth-order valence-electron chi connectivity index (χ4n) is 2.00. The number of aromatic nitrogens is 3. The van der Waals surface area contributed by atoms with Gasteiger partial charge in [-0.3, -0.25) is 4.79 Å². The van der Waals surface area contributed by atoms with Crippen molar-refractivity contribution in [1.29, 1.82) is 0 Å². The van der Waals surface area contributed by atoms with E-state index in [0.29, 0.717) is 23.4 Å². The Balaban J connectivity index is 1.55. The average molecular weight is 408 g/mol. The summed E-state index contributed by atoms with van der Waals surface area (Å²) in [5.41, 5.74) is 0.837. The van der Waals surface area contributed by atoms with Crippen molar-refractivity contribution in [2.24, 2.45) is 0 Å². The molecule has 0 saturated carbocycles. The molecule has 2 N–H and O–H groups in total. The van der Waals surface area contributed by atoms with Crippen LogP contribution in [0.15, 0.2) is 35.2 Å². The van der Waals surface area contributed by atoms with Crippen LogP contribution in [0.3, 0.4) is 0 Å². The monoisotopic (exact) mass is 407 g/mol. The van der Waals surface area contributed by atoms with Gasteiger partial charge in [0.05, 0.1) is 22.6 Å². The van der Waals surface area contributed by atoms with Gasteiger partial charge < -0.3 is 15.4 Å². The highest BCUT2D eigenvalue weighted by Crippen LogP contribution is 2.30. The molecule has 0 atom stereocenters. The van der Waals surface area contributed by atoms with E-state index in [1.165, 1.54) is 34.4 Å². The van der Waals surface area contributed by atoms with Crippen LogP contribution >= 0.6 is 34.4 Å². The number of fused-ring (bicyclic) bond motifs is 1. The van der Waals surface area contributed by atoms with Gasteiger partial charge in [0.1, 0.15) is 5.75 Å². The molecule has 0 radical (unpaired) electrons. The number of hydrogen-bond acceptors (Lipinski definition) is 9. The fourth-order valence-corrected chi connectivity index (χ4v) is 4.47. The molecule has 0 aliphatic heterocycles.